The van der Waals surface area contributed by atoms with Crippen LogP contribution in [0, 0.1) is 0 Å². The van der Waals surface area contributed by atoms with Crippen LogP contribution in [0.15, 0.2) is 42.7 Å². The van der Waals surface area contributed by atoms with Gasteiger partial charge in [0, 0.05) is 12.1 Å². The predicted octanol–water partition coefficient (Wildman–Crippen LogP) is 1.88. The van der Waals surface area contributed by atoms with E-state index in [1.54, 1.807) is 12.4 Å². The molecule has 1 atom stereocenters. The topological polar surface area (TPSA) is 47.0 Å². The predicted molar refractivity (Wildman–Crippen MR) is 69.4 cm³/mol. The number of hydrogen-bond acceptors (Lipinski definition) is 4. The maximum absolute atomic E-state index is 5.78. The highest BCUT2D eigenvalue weighted by Crippen LogP contribution is 2.17. The van der Waals surface area contributed by atoms with Crippen molar-refractivity contribution in [1.29, 1.82) is 0 Å². The zero-order valence-corrected chi connectivity index (χ0v) is 10.0. The fraction of sp³-hybridized carbons (Fsp3) is 0.286. The van der Waals surface area contributed by atoms with Crippen molar-refractivity contribution in [3.05, 3.63) is 42.7 Å². The van der Waals surface area contributed by atoms with Gasteiger partial charge in [0.1, 0.15) is 6.10 Å². The second-order valence-electron chi connectivity index (χ2n) is 4.34. The fourth-order valence-corrected chi connectivity index (χ4v) is 2.03. The van der Waals surface area contributed by atoms with Gasteiger partial charge in [0.2, 0.25) is 0 Å². The number of benzene rings is 1. The molecule has 4 nitrogen and oxygen atoms in total. The van der Waals surface area contributed by atoms with Crippen LogP contribution in [0.5, 0.6) is 5.75 Å². The molecule has 1 aromatic carbocycles. The van der Waals surface area contributed by atoms with Crippen molar-refractivity contribution in [3.63, 3.8) is 0 Å². The summed E-state index contributed by atoms with van der Waals surface area (Å²) in [5.41, 5.74) is 1.02. The van der Waals surface area contributed by atoms with Crippen molar-refractivity contribution in [2.75, 3.05) is 13.1 Å². The minimum Gasteiger partial charge on any atom is -0.486 e. The smallest absolute Gasteiger partial charge is 0.159 e. The van der Waals surface area contributed by atoms with Crippen LogP contribution in [0.1, 0.15) is 6.42 Å². The lowest BCUT2D eigenvalue weighted by Gasteiger charge is -2.11. The molecule has 4 heteroatoms. The third-order valence-corrected chi connectivity index (χ3v) is 2.98. The van der Waals surface area contributed by atoms with Crippen LogP contribution < -0.4 is 10.1 Å². The Morgan fingerprint density at radius 1 is 1.11 bits per heavy atom. The molecule has 1 N–H and O–H groups in total. The summed E-state index contributed by atoms with van der Waals surface area (Å²) in [5.74, 6) is 1.47. The number of rotatable bonds is 3. The monoisotopic (exact) mass is 241 g/mol. The first-order valence-corrected chi connectivity index (χ1v) is 6.17. The molecule has 2 heterocycles. The van der Waals surface area contributed by atoms with Crippen molar-refractivity contribution in [3.8, 4) is 17.1 Å². The highest BCUT2D eigenvalue weighted by atomic mass is 16.5. The molecule has 1 aromatic heterocycles. The van der Waals surface area contributed by atoms with E-state index in [0.29, 0.717) is 0 Å². The Balaban J connectivity index is 1.72. The Kier molecular flexibility index (Phi) is 3.19. The summed E-state index contributed by atoms with van der Waals surface area (Å²) in [6.45, 7) is 1.92. The summed E-state index contributed by atoms with van der Waals surface area (Å²) >= 11 is 0. The molecule has 1 saturated heterocycles. The molecular weight excluding hydrogens is 226 g/mol. The zero-order chi connectivity index (χ0) is 12.2. The minimum absolute atomic E-state index is 0.246. The molecule has 1 aliphatic heterocycles. The highest BCUT2D eigenvalue weighted by molar-refractivity contribution is 5.54. The summed E-state index contributed by atoms with van der Waals surface area (Å²) in [4.78, 5) is 8.67. The second kappa shape index (κ2) is 5.14. The third-order valence-electron chi connectivity index (χ3n) is 2.98. The highest BCUT2D eigenvalue weighted by Gasteiger charge is 2.16. The average Bonchev–Trinajstić information content (AvgIpc) is 2.94. The quantitative estimate of drug-likeness (QED) is 0.891. The van der Waals surface area contributed by atoms with Crippen LogP contribution >= 0.6 is 0 Å². The maximum atomic E-state index is 5.78. The lowest BCUT2D eigenvalue weighted by molar-refractivity contribution is 0.221. The van der Waals surface area contributed by atoms with Crippen LogP contribution in [0.3, 0.4) is 0 Å². The standard InChI is InChI=1S/C14H15N3O/c1-2-4-11(5-3-1)14-16-9-13(10-17-14)18-12-6-7-15-8-12/h1-5,9-10,12,15H,6-8H2. The van der Waals surface area contributed by atoms with Crippen molar-refractivity contribution >= 4 is 0 Å². The number of hydrogen-bond donors (Lipinski definition) is 1. The Bertz CT molecular complexity index is 492. The molecule has 1 unspecified atom stereocenters. The molecule has 3 rings (SSSR count). The van der Waals surface area contributed by atoms with Gasteiger partial charge >= 0.3 is 0 Å². The van der Waals surface area contributed by atoms with E-state index in [1.165, 1.54) is 0 Å². The summed E-state index contributed by atoms with van der Waals surface area (Å²) in [6.07, 6.45) is 4.78. The van der Waals surface area contributed by atoms with E-state index in [1.807, 2.05) is 30.3 Å². The van der Waals surface area contributed by atoms with Gasteiger partial charge < -0.3 is 10.1 Å². The molecule has 92 valence electrons. The van der Waals surface area contributed by atoms with Crippen LogP contribution in [-0.2, 0) is 0 Å². The Morgan fingerprint density at radius 3 is 2.56 bits per heavy atom. The normalized spacial score (nSPS) is 18.8. The first-order chi connectivity index (χ1) is 8.92. The van der Waals surface area contributed by atoms with Gasteiger partial charge in [-0.1, -0.05) is 30.3 Å². The SMILES string of the molecule is c1ccc(-c2ncc(OC3CCNC3)cn2)cc1. The van der Waals surface area contributed by atoms with Crippen molar-refractivity contribution in [1.82, 2.24) is 15.3 Å². The maximum Gasteiger partial charge on any atom is 0.159 e. The van der Waals surface area contributed by atoms with Gasteiger partial charge in [-0.3, -0.25) is 0 Å². The van der Waals surface area contributed by atoms with E-state index in [2.05, 4.69) is 15.3 Å². The number of nitrogens with zero attached hydrogens (tertiary/aromatic N) is 2. The van der Waals surface area contributed by atoms with E-state index < -0.39 is 0 Å². The fourth-order valence-electron chi connectivity index (χ4n) is 2.03. The molecule has 0 aliphatic carbocycles. The van der Waals surface area contributed by atoms with Crippen LogP contribution in [0.4, 0.5) is 0 Å². The van der Waals surface area contributed by atoms with Crippen molar-refractivity contribution < 1.29 is 4.74 Å². The first-order valence-electron chi connectivity index (χ1n) is 6.17. The first kappa shape index (κ1) is 11.2. The van der Waals surface area contributed by atoms with Crippen LogP contribution in [0.2, 0.25) is 0 Å². The molecule has 18 heavy (non-hydrogen) atoms. The summed E-state index contributed by atoms with van der Waals surface area (Å²) in [6, 6.07) is 9.93. The van der Waals surface area contributed by atoms with E-state index >= 15 is 0 Å². The van der Waals surface area contributed by atoms with Gasteiger partial charge in [0.25, 0.3) is 0 Å². The van der Waals surface area contributed by atoms with Gasteiger partial charge in [0.15, 0.2) is 11.6 Å². The molecule has 1 fully saturated rings. The Morgan fingerprint density at radius 2 is 1.89 bits per heavy atom. The number of ether oxygens (including phenoxy) is 1. The zero-order valence-electron chi connectivity index (χ0n) is 10.0. The van der Waals surface area contributed by atoms with E-state index in [9.17, 15) is 0 Å². The molecular formula is C14H15N3O. The molecule has 0 amide bonds. The molecule has 1 aliphatic rings. The van der Waals surface area contributed by atoms with Crippen LogP contribution in [-0.4, -0.2) is 29.2 Å². The van der Waals surface area contributed by atoms with E-state index in [4.69, 9.17) is 4.74 Å². The molecule has 0 spiro atoms. The summed E-state index contributed by atoms with van der Waals surface area (Å²) in [7, 11) is 0. The molecule has 0 saturated carbocycles. The van der Waals surface area contributed by atoms with E-state index in [0.717, 1.165) is 36.6 Å². The van der Waals surface area contributed by atoms with Gasteiger partial charge in [-0.25, -0.2) is 9.97 Å². The van der Waals surface area contributed by atoms with E-state index in [-0.39, 0.29) is 6.10 Å². The van der Waals surface area contributed by atoms with Crippen molar-refractivity contribution in [2.24, 2.45) is 0 Å². The summed E-state index contributed by atoms with van der Waals surface area (Å²) in [5, 5.41) is 3.26. The number of aromatic nitrogens is 2. The van der Waals surface area contributed by atoms with Gasteiger partial charge in [-0.05, 0) is 13.0 Å². The van der Waals surface area contributed by atoms with Gasteiger partial charge in [-0.15, -0.1) is 0 Å². The molecule has 0 bridgehead atoms. The summed E-state index contributed by atoms with van der Waals surface area (Å²) < 4.78 is 5.78. The third kappa shape index (κ3) is 2.49. The van der Waals surface area contributed by atoms with Crippen LogP contribution in [0.25, 0.3) is 11.4 Å². The second-order valence-corrected chi connectivity index (χ2v) is 4.34. The molecule has 0 radical (unpaired) electrons. The lowest BCUT2D eigenvalue weighted by atomic mass is 10.2. The Hall–Kier alpha value is -1.94. The minimum atomic E-state index is 0.246. The molecule has 2 aromatic rings. The van der Waals surface area contributed by atoms with Gasteiger partial charge in [-0.2, -0.15) is 0 Å². The number of nitrogens with one attached hydrogen (secondary N) is 1. The van der Waals surface area contributed by atoms with Crippen molar-refractivity contribution in [2.45, 2.75) is 12.5 Å². The lowest BCUT2D eigenvalue weighted by Crippen LogP contribution is -2.19. The van der Waals surface area contributed by atoms with Gasteiger partial charge in [0.05, 0.1) is 12.4 Å². The Labute approximate surface area is 106 Å². The average molecular weight is 241 g/mol. The largest absolute Gasteiger partial charge is 0.486 e.